The van der Waals surface area contributed by atoms with E-state index in [9.17, 15) is 5.53 Å². The second kappa shape index (κ2) is 104. The highest BCUT2D eigenvalue weighted by molar-refractivity contribution is 5.83. The van der Waals surface area contributed by atoms with Gasteiger partial charge in [-0.1, -0.05) is 692 Å². The van der Waals surface area contributed by atoms with Crippen LogP contribution in [0.5, 0.6) is 0 Å². The molecule has 2 nitrogen and oxygen atoms in total. The normalized spacial score (nSPS) is 12.0. The molecule has 0 fully saturated rings. The van der Waals surface area contributed by atoms with Gasteiger partial charge in [0.1, 0.15) is 0 Å². The van der Waals surface area contributed by atoms with E-state index in [4.69, 9.17) is 0 Å². The van der Waals surface area contributed by atoms with Gasteiger partial charge in [-0.3, -0.25) is 0 Å². The molecule has 0 bridgehead atoms. The van der Waals surface area contributed by atoms with Crippen LogP contribution in [-0.2, 0) is 0 Å². The summed E-state index contributed by atoms with van der Waals surface area (Å²) < 4.78 is 1.63. The SMILES string of the molecule is CCCCCCCCCCCCCCCCCCCCCCCCCC#Cc1cc(C#CCCCCCCCCCCCCCCCCCCCCCCCCC)cc(C2=C(CCCC)C(CCCCCCCC)=C(c3cc(C#CCCCCCCCCCCCCCCCCCCCCCCCCC)cc(C#CCCCCCCCCCCCCCCCCCCCCCCCCC)c3)[N+]2=[N-])c1. The summed E-state index contributed by atoms with van der Waals surface area (Å²) in [5.74, 6) is 29.7. The first-order valence-electron chi connectivity index (χ1n) is 63.7. The van der Waals surface area contributed by atoms with E-state index in [1.165, 1.54) is 608 Å². The lowest BCUT2D eigenvalue weighted by atomic mass is 9.90. The van der Waals surface area contributed by atoms with Crippen LogP contribution in [0.2, 0.25) is 0 Å². The van der Waals surface area contributed by atoms with Crippen molar-refractivity contribution in [2.45, 2.75) is 722 Å². The molecule has 3 rings (SSSR count). The third-order valence-electron chi connectivity index (χ3n) is 30.9. The van der Waals surface area contributed by atoms with Crippen LogP contribution in [0.3, 0.4) is 0 Å². The van der Waals surface area contributed by atoms with E-state index in [1.807, 2.05) is 0 Å². The van der Waals surface area contributed by atoms with Crippen molar-refractivity contribution in [2.75, 3.05) is 0 Å². The van der Waals surface area contributed by atoms with Crippen molar-refractivity contribution in [1.29, 1.82) is 0 Å². The van der Waals surface area contributed by atoms with Crippen molar-refractivity contribution in [1.82, 2.24) is 0 Å². The van der Waals surface area contributed by atoms with Crippen molar-refractivity contribution in [3.63, 3.8) is 0 Å². The molecule has 790 valence electrons. The van der Waals surface area contributed by atoms with Gasteiger partial charge in [-0.2, -0.15) is 0 Å². The van der Waals surface area contributed by atoms with Crippen LogP contribution in [-0.4, -0.2) is 4.70 Å². The summed E-state index contributed by atoms with van der Waals surface area (Å²) >= 11 is 0. The van der Waals surface area contributed by atoms with E-state index < -0.39 is 0 Å². The van der Waals surface area contributed by atoms with E-state index in [0.29, 0.717) is 0 Å². The van der Waals surface area contributed by atoms with Crippen LogP contribution in [0.15, 0.2) is 47.5 Å². The van der Waals surface area contributed by atoms with Crippen LogP contribution in [0.4, 0.5) is 0 Å². The van der Waals surface area contributed by atoms with Crippen molar-refractivity contribution in [2.24, 2.45) is 0 Å². The number of rotatable bonds is 104. The molecule has 138 heavy (non-hydrogen) atoms. The number of hydrogen-bond acceptors (Lipinski definition) is 0. The van der Waals surface area contributed by atoms with Gasteiger partial charge in [-0.25, -0.2) is 4.70 Å². The van der Waals surface area contributed by atoms with Gasteiger partial charge in [0, 0.05) is 70.2 Å². The molecule has 0 amide bonds. The van der Waals surface area contributed by atoms with Gasteiger partial charge in [0.2, 0.25) is 11.4 Å². The molecule has 0 N–H and O–H groups in total. The van der Waals surface area contributed by atoms with Crippen molar-refractivity contribution < 1.29 is 4.70 Å². The van der Waals surface area contributed by atoms with E-state index in [0.717, 1.165) is 128 Å². The summed E-state index contributed by atoms with van der Waals surface area (Å²) in [5, 5.41) is 0. The molecule has 2 heteroatoms. The summed E-state index contributed by atoms with van der Waals surface area (Å²) in [6.45, 7) is 13.9. The van der Waals surface area contributed by atoms with Crippen LogP contribution in [0.1, 0.15) is 756 Å². The zero-order chi connectivity index (χ0) is 98.2. The van der Waals surface area contributed by atoms with Gasteiger partial charge < -0.3 is 5.53 Å². The van der Waals surface area contributed by atoms with E-state index >= 15 is 0 Å². The van der Waals surface area contributed by atoms with Gasteiger partial charge in [-0.05, 0) is 87.8 Å². The Morgan fingerprint density at radius 3 is 0.420 bits per heavy atom. The molecular formula is C136H236N2. The van der Waals surface area contributed by atoms with Crippen LogP contribution in [0, 0.1) is 47.4 Å². The van der Waals surface area contributed by atoms with Crippen molar-refractivity contribution in [3.05, 3.63) is 86.5 Å². The standard InChI is InChI=1S/C136H236N2/c1-7-13-19-24-29-33-37-41-45-49-53-57-61-65-69-73-77-81-85-89-93-97-101-105-110-115-127-121-128(116-111-106-102-98-94-90-86-82-78-74-70-66-62-58-54-50-46-42-38-34-30-25-20-14-8-2)124-131(123-127)135-133(119-18-12-6)134(120-114-109-28-23-17-11-5)136(138(135)137)132-125-129(117-112-107-103-99-95-91-87-83-79-75-71-67-63-59-55-51-47-43-39-35-31-26-21-15-9-3)122-130(126-132)118-113-108-104-100-96-92-88-84-80-76-72-68-64-60-56-52-48-44-40-36-32-27-22-16-10-4/h121-126H,7-109,114,119-120H2,1-6H3. The zero-order valence-electron chi connectivity index (χ0n) is 94.3. The van der Waals surface area contributed by atoms with Crippen molar-refractivity contribution >= 4 is 11.4 Å². The second-order valence-electron chi connectivity index (χ2n) is 44.5. The molecule has 0 aliphatic carbocycles. The number of benzene rings is 2. The molecule has 1 aliphatic heterocycles. The van der Waals surface area contributed by atoms with Gasteiger partial charge in [-0.15, -0.1) is 0 Å². The van der Waals surface area contributed by atoms with Gasteiger partial charge in [0.25, 0.3) is 0 Å². The molecular weight excluding hydrogens is 1660 g/mol. The number of allylic oxidation sites excluding steroid dienone is 2. The molecule has 0 unspecified atom stereocenters. The fourth-order valence-electron chi connectivity index (χ4n) is 21.7. The summed E-state index contributed by atoms with van der Waals surface area (Å²) in [5.41, 5.74) is 24.1. The first-order chi connectivity index (χ1) is 68.5. The lowest BCUT2D eigenvalue weighted by Gasteiger charge is -2.11. The molecule has 2 aromatic carbocycles. The molecule has 1 aliphatic rings. The summed E-state index contributed by atoms with van der Waals surface area (Å²) in [6, 6.07) is 13.7. The molecule has 0 spiro atoms. The number of unbranched alkanes of at least 4 members (excludes halogenated alkanes) is 98. The first kappa shape index (κ1) is 128. The maximum atomic E-state index is 13.5. The zero-order valence-corrected chi connectivity index (χ0v) is 94.3. The Morgan fingerprint density at radius 2 is 0.275 bits per heavy atom. The lowest BCUT2D eigenvalue weighted by Crippen LogP contribution is -2.04. The molecule has 0 radical (unpaired) electrons. The number of nitrogens with zero attached hydrogens (tertiary/aromatic N) is 2. The fourth-order valence-corrected chi connectivity index (χ4v) is 21.7. The maximum Gasteiger partial charge on any atom is 0.211 e. The van der Waals surface area contributed by atoms with Gasteiger partial charge in [0.05, 0.1) is 0 Å². The highest BCUT2D eigenvalue weighted by Crippen LogP contribution is 2.46. The van der Waals surface area contributed by atoms with E-state index in [2.05, 4.69) is 125 Å². The first-order valence-corrected chi connectivity index (χ1v) is 63.7. The smallest absolute Gasteiger partial charge is 0.211 e. The minimum atomic E-state index is 0.915. The van der Waals surface area contributed by atoms with E-state index in [-0.39, 0.29) is 0 Å². The fraction of sp³-hybridized carbons (Fsp3) is 0.824. The highest BCUT2D eigenvalue weighted by Gasteiger charge is 2.36. The summed E-state index contributed by atoms with van der Waals surface area (Å²) in [4.78, 5) is 0. The summed E-state index contributed by atoms with van der Waals surface area (Å²) in [6.07, 6.45) is 145. The topological polar surface area (TPSA) is 25.3 Å². The largest absolute Gasteiger partial charge is 0.493 e. The van der Waals surface area contributed by atoms with Gasteiger partial charge in [0.15, 0.2) is 0 Å². The van der Waals surface area contributed by atoms with Crippen LogP contribution in [0.25, 0.3) is 16.9 Å². The predicted molar refractivity (Wildman–Crippen MR) is 621 cm³/mol. The van der Waals surface area contributed by atoms with Crippen molar-refractivity contribution in [3.8, 4) is 47.4 Å². The minimum Gasteiger partial charge on any atom is -0.493 e. The van der Waals surface area contributed by atoms with Crippen LogP contribution < -0.4 is 0 Å². The third kappa shape index (κ3) is 80.0. The minimum absolute atomic E-state index is 0.915. The quantitative estimate of drug-likeness (QED) is 0.0358. The Bertz CT molecular complexity index is 3140. The van der Waals surface area contributed by atoms with Crippen LogP contribution >= 0.6 is 0 Å². The Morgan fingerprint density at radius 1 is 0.152 bits per heavy atom. The van der Waals surface area contributed by atoms with Gasteiger partial charge >= 0.3 is 0 Å². The second-order valence-corrected chi connectivity index (χ2v) is 44.5. The predicted octanol–water partition coefficient (Wildman–Crippen LogP) is 47.7. The Labute approximate surface area is 866 Å². The molecule has 0 saturated heterocycles. The maximum absolute atomic E-state index is 13.5. The highest BCUT2D eigenvalue weighted by atomic mass is 15.2. The lowest BCUT2D eigenvalue weighted by molar-refractivity contribution is -0.345. The molecule has 0 saturated carbocycles. The molecule has 0 atom stereocenters. The Balaban J connectivity index is 1.77. The number of hydrogen-bond donors (Lipinski definition) is 0. The Hall–Kier alpha value is -4.24. The molecule has 0 aromatic heterocycles. The third-order valence-corrected chi connectivity index (χ3v) is 30.9. The Kier molecular flexibility index (Phi) is 96.5. The molecule has 2 aromatic rings. The average molecular weight is 1900 g/mol. The monoisotopic (exact) mass is 1900 g/mol. The van der Waals surface area contributed by atoms with E-state index in [1.54, 1.807) is 4.70 Å². The molecule has 1 heterocycles. The summed E-state index contributed by atoms with van der Waals surface area (Å²) in [7, 11) is 0. The average Bonchev–Trinajstić information content (AvgIpc) is 1.60.